The Morgan fingerprint density at radius 3 is 2.60 bits per heavy atom. The van der Waals surface area contributed by atoms with Crippen LogP contribution < -0.4 is 0 Å². The van der Waals surface area contributed by atoms with Crippen molar-refractivity contribution in [2.75, 3.05) is 32.8 Å². The first kappa shape index (κ1) is 21.1. The Morgan fingerprint density at radius 2 is 1.90 bits per heavy atom. The number of aliphatic hydroxyl groups excluding tert-OH is 1. The molecule has 4 aliphatic rings. The van der Waals surface area contributed by atoms with E-state index in [0.29, 0.717) is 19.5 Å². The number of unbranched alkanes of at least 4 members (excludes halogenated alkanes) is 1. The number of aliphatic hydroxyl groups is 1. The van der Waals surface area contributed by atoms with Crippen molar-refractivity contribution in [3.8, 4) is 0 Å². The molecule has 2 saturated heterocycles. The monoisotopic (exact) mass is 418 g/mol. The molecule has 0 bridgehead atoms. The van der Waals surface area contributed by atoms with E-state index >= 15 is 0 Å². The molecule has 0 aliphatic carbocycles. The highest BCUT2D eigenvalue weighted by molar-refractivity contribution is 5.99. The second kappa shape index (κ2) is 7.81. The van der Waals surface area contributed by atoms with E-state index in [0.717, 1.165) is 12.8 Å². The lowest BCUT2D eigenvalue weighted by atomic mass is 9.73. The molecule has 1 unspecified atom stereocenters. The topological polar surface area (TPSA) is 96.4 Å². The molecule has 4 aliphatic heterocycles. The predicted molar refractivity (Wildman–Crippen MR) is 107 cm³/mol. The maximum atomic E-state index is 13.6. The van der Waals surface area contributed by atoms with Crippen LogP contribution in [0.4, 0.5) is 0 Å². The van der Waals surface area contributed by atoms with Gasteiger partial charge in [0.2, 0.25) is 11.8 Å². The van der Waals surface area contributed by atoms with Crippen LogP contribution in [-0.4, -0.2) is 82.8 Å². The molecule has 1 N–H and O–H groups in total. The van der Waals surface area contributed by atoms with Gasteiger partial charge < -0.3 is 24.4 Å². The second-order valence-corrected chi connectivity index (χ2v) is 8.45. The lowest BCUT2D eigenvalue weighted by Gasteiger charge is -2.38. The van der Waals surface area contributed by atoms with Gasteiger partial charge in [0.1, 0.15) is 29.8 Å². The van der Waals surface area contributed by atoms with Gasteiger partial charge in [-0.3, -0.25) is 14.4 Å². The zero-order chi connectivity index (χ0) is 21.5. The summed E-state index contributed by atoms with van der Waals surface area (Å²) in [4.78, 5) is 43.4. The quantitative estimate of drug-likeness (QED) is 0.503. The van der Waals surface area contributed by atoms with Crippen molar-refractivity contribution in [2.45, 2.75) is 50.4 Å². The Balaban J connectivity index is 1.84. The molecule has 4 heterocycles. The van der Waals surface area contributed by atoms with E-state index in [4.69, 9.17) is 9.47 Å². The van der Waals surface area contributed by atoms with Crippen LogP contribution in [0.15, 0.2) is 24.3 Å². The molecular weight excluding hydrogens is 388 g/mol. The van der Waals surface area contributed by atoms with Crippen molar-refractivity contribution in [1.29, 1.82) is 0 Å². The molecule has 30 heavy (non-hydrogen) atoms. The predicted octanol–water partition coefficient (Wildman–Crippen LogP) is 0.651. The zero-order valence-corrected chi connectivity index (χ0v) is 17.6. The molecule has 164 valence electrons. The van der Waals surface area contributed by atoms with Crippen LogP contribution in [0.25, 0.3) is 0 Å². The van der Waals surface area contributed by atoms with Crippen LogP contribution in [0.1, 0.15) is 33.1 Å². The molecular formula is C22H30N2O6. The molecule has 8 heteroatoms. The van der Waals surface area contributed by atoms with E-state index in [9.17, 15) is 19.5 Å². The van der Waals surface area contributed by atoms with Gasteiger partial charge in [-0.25, -0.2) is 0 Å². The molecule has 5 atom stereocenters. The Kier molecular flexibility index (Phi) is 5.48. The number of likely N-dealkylation sites (tertiary alicyclic amines) is 1. The van der Waals surface area contributed by atoms with Gasteiger partial charge in [0.25, 0.3) is 0 Å². The molecule has 0 aromatic rings. The third kappa shape index (κ3) is 2.84. The Hall–Kier alpha value is -2.19. The molecule has 0 radical (unpaired) electrons. The largest absolute Gasteiger partial charge is 0.461 e. The SMILES string of the molecule is CCCCN1CC=C[C@]23O[C@@]4(CC)C=CCOC(=O)[C@H]4[C@H]2C(=O)N(CCO)C3C1=O. The summed E-state index contributed by atoms with van der Waals surface area (Å²) in [6.07, 6.45) is 9.54. The highest BCUT2D eigenvalue weighted by Crippen LogP contribution is 2.58. The van der Waals surface area contributed by atoms with Crippen LogP contribution in [0, 0.1) is 11.8 Å². The van der Waals surface area contributed by atoms with Gasteiger partial charge in [-0.05, 0) is 18.9 Å². The second-order valence-electron chi connectivity index (χ2n) is 8.45. The number of carbonyl (C=O) groups excluding carboxylic acids is 3. The van der Waals surface area contributed by atoms with Crippen LogP contribution in [0.3, 0.4) is 0 Å². The normalized spacial score (nSPS) is 37.6. The van der Waals surface area contributed by atoms with E-state index in [-0.39, 0.29) is 31.6 Å². The maximum absolute atomic E-state index is 13.6. The molecule has 0 saturated carbocycles. The first-order chi connectivity index (χ1) is 14.5. The third-order valence-electron chi connectivity index (χ3n) is 6.90. The first-order valence-electron chi connectivity index (χ1n) is 10.9. The fourth-order valence-electron chi connectivity index (χ4n) is 5.54. The minimum absolute atomic E-state index is 0.0169. The van der Waals surface area contributed by atoms with Crippen LogP contribution in [0.2, 0.25) is 0 Å². The minimum Gasteiger partial charge on any atom is -0.461 e. The van der Waals surface area contributed by atoms with Crippen molar-refractivity contribution in [3.05, 3.63) is 24.3 Å². The van der Waals surface area contributed by atoms with Gasteiger partial charge in [0.05, 0.1) is 12.5 Å². The van der Waals surface area contributed by atoms with E-state index < -0.39 is 35.0 Å². The summed E-state index contributed by atoms with van der Waals surface area (Å²) in [6.45, 7) is 4.87. The average Bonchev–Trinajstić information content (AvgIpc) is 3.00. The molecule has 2 fully saturated rings. The van der Waals surface area contributed by atoms with E-state index in [2.05, 4.69) is 6.92 Å². The average molecular weight is 418 g/mol. The summed E-state index contributed by atoms with van der Waals surface area (Å²) in [6, 6.07) is -0.908. The molecule has 1 spiro atoms. The molecule has 0 aromatic carbocycles. The zero-order valence-electron chi connectivity index (χ0n) is 17.6. The first-order valence-corrected chi connectivity index (χ1v) is 10.9. The number of nitrogens with zero attached hydrogens (tertiary/aromatic N) is 2. The van der Waals surface area contributed by atoms with Gasteiger partial charge in [-0.2, -0.15) is 0 Å². The Bertz CT molecular complexity index is 794. The number of ether oxygens (including phenoxy) is 2. The van der Waals surface area contributed by atoms with Gasteiger partial charge in [-0.15, -0.1) is 0 Å². The number of fused-ring (bicyclic) bond motifs is 2. The summed E-state index contributed by atoms with van der Waals surface area (Å²) in [5.41, 5.74) is -2.26. The van der Waals surface area contributed by atoms with E-state index in [1.165, 1.54) is 4.90 Å². The maximum Gasteiger partial charge on any atom is 0.313 e. The lowest BCUT2D eigenvalue weighted by molar-refractivity contribution is -0.159. The van der Waals surface area contributed by atoms with Crippen LogP contribution in [-0.2, 0) is 23.9 Å². The smallest absolute Gasteiger partial charge is 0.313 e. The fraction of sp³-hybridized carbons (Fsp3) is 0.682. The Labute approximate surface area is 176 Å². The van der Waals surface area contributed by atoms with E-state index in [1.807, 2.05) is 25.2 Å². The van der Waals surface area contributed by atoms with Gasteiger partial charge >= 0.3 is 5.97 Å². The fourth-order valence-corrected chi connectivity index (χ4v) is 5.54. The lowest BCUT2D eigenvalue weighted by Crippen LogP contribution is -2.56. The molecule has 8 nitrogen and oxygen atoms in total. The number of amides is 2. The number of hydrogen-bond acceptors (Lipinski definition) is 6. The highest BCUT2D eigenvalue weighted by atomic mass is 16.6. The van der Waals surface area contributed by atoms with Crippen molar-refractivity contribution in [1.82, 2.24) is 9.80 Å². The van der Waals surface area contributed by atoms with Crippen molar-refractivity contribution >= 4 is 17.8 Å². The number of rotatable bonds is 6. The van der Waals surface area contributed by atoms with Gasteiger partial charge in [0, 0.05) is 19.6 Å². The number of β-amino-alcohol motifs (C(OH)–C–C–N with tert-alkyl or cyclic N) is 1. The minimum atomic E-state index is -1.26. The number of cyclic esters (lactones) is 1. The highest BCUT2D eigenvalue weighted by Gasteiger charge is 2.75. The summed E-state index contributed by atoms with van der Waals surface area (Å²) >= 11 is 0. The third-order valence-corrected chi connectivity index (χ3v) is 6.90. The van der Waals surface area contributed by atoms with Crippen molar-refractivity contribution < 1.29 is 29.0 Å². The summed E-state index contributed by atoms with van der Waals surface area (Å²) < 4.78 is 12.0. The molecule has 0 aromatic heterocycles. The van der Waals surface area contributed by atoms with Crippen LogP contribution in [0.5, 0.6) is 0 Å². The van der Waals surface area contributed by atoms with Crippen LogP contribution >= 0.6 is 0 Å². The standard InChI is InChI=1S/C22H30N2O6/c1-3-5-10-23-11-6-9-22-15(18(26)24(12-13-25)17(22)19(23)27)16-20(28)29-14-7-8-21(16,4-2)30-22/h6-9,15-17,25H,3-5,10-14H2,1-2H3/t15-,16+,17?,21-,22-/m0/s1. The summed E-state index contributed by atoms with van der Waals surface area (Å²) in [5, 5.41) is 9.61. The Morgan fingerprint density at radius 1 is 1.10 bits per heavy atom. The molecule has 4 rings (SSSR count). The summed E-state index contributed by atoms with van der Waals surface area (Å²) in [5.74, 6) is -2.71. The number of carbonyl (C=O) groups is 3. The van der Waals surface area contributed by atoms with Gasteiger partial charge in [-0.1, -0.05) is 38.5 Å². The molecule has 2 amide bonds. The van der Waals surface area contributed by atoms with E-state index in [1.54, 1.807) is 11.0 Å². The summed E-state index contributed by atoms with van der Waals surface area (Å²) in [7, 11) is 0. The number of esters is 1. The number of hydrogen-bond donors (Lipinski definition) is 1. The van der Waals surface area contributed by atoms with Crippen molar-refractivity contribution in [3.63, 3.8) is 0 Å². The van der Waals surface area contributed by atoms with Crippen molar-refractivity contribution in [2.24, 2.45) is 11.8 Å². The van der Waals surface area contributed by atoms with Gasteiger partial charge in [0.15, 0.2) is 0 Å².